The Morgan fingerprint density at radius 3 is 2.55 bits per heavy atom. The van der Waals surface area contributed by atoms with Crippen LogP contribution < -0.4 is 11.3 Å². The Bertz CT molecular complexity index is 456. The summed E-state index contributed by atoms with van der Waals surface area (Å²) in [6.07, 6.45) is 3.29. The van der Waals surface area contributed by atoms with Crippen molar-refractivity contribution >= 4 is 23.2 Å². The van der Waals surface area contributed by atoms with Gasteiger partial charge in [0.25, 0.3) is 0 Å². The number of nitrogens with one attached hydrogen (secondary N) is 1. The van der Waals surface area contributed by atoms with Gasteiger partial charge in [0.2, 0.25) is 0 Å². The summed E-state index contributed by atoms with van der Waals surface area (Å²) in [6, 6.07) is 5.70. The highest BCUT2D eigenvalue weighted by Crippen LogP contribution is 2.28. The standard InChI is InChI=1S/C15H23Cl2N3/c1-15(2,20-7-3-4-8-20)14(19-18)10-11-9-12(16)5-6-13(11)17/h5-6,9,14,19H,3-4,7-8,10,18H2,1-2H3. The predicted octanol–water partition coefficient (Wildman–Crippen LogP) is 3.24. The van der Waals surface area contributed by atoms with Crippen LogP contribution in [0.15, 0.2) is 18.2 Å². The number of nitrogens with zero attached hydrogens (tertiary/aromatic N) is 1. The van der Waals surface area contributed by atoms with E-state index in [1.165, 1.54) is 12.8 Å². The van der Waals surface area contributed by atoms with Crippen LogP contribution in [0.25, 0.3) is 0 Å². The average molecular weight is 316 g/mol. The van der Waals surface area contributed by atoms with Crippen LogP contribution in [0.4, 0.5) is 0 Å². The van der Waals surface area contributed by atoms with Crippen LogP contribution in [0.1, 0.15) is 32.3 Å². The summed E-state index contributed by atoms with van der Waals surface area (Å²) in [5, 5.41) is 1.45. The van der Waals surface area contributed by atoms with Gasteiger partial charge >= 0.3 is 0 Å². The maximum absolute atomic E-state index is 6.27. The molecular weight excluding hydrogens is 293 g/mol. The van der Waals surface area contributed by atoms with Gasteiger partial charge in [-0.05, 0) is 70.0 Å². The molecule has 0 bridgehead atoms. The molecule has 20 heavy (non-hydrogen) atoms. The summed E-state index contributed by atoms with van der Waals surface area (Å²) in [5.41, 5.74) is 3.99. The molecule has 1 heterocycles. The lowest BCUT2D eigenvalue weighted by atomic mass is 9.88. The molecule has 0 radical (unpaired) electrons. The van der Waals surface area contributed by atoms with Crippen LogP contribution in [0.2, 0.25) is 10.0 Å². The topological polar surface area (TPSA) is 41.3 Å². The quantitative estimate of drug-likeness (QED) is 0.647. The minimum absolute atomic E-state index is 0.0170. The number of hydrogen-bond acceptors (Lipinski definition) is 3. The van der Waals surface area contributed by atoms with Crippen LogP contribution in [-0.4, -0.2) is 29.6 Å². The zero-order chi connectivity index (χ0) is 14.8. The first-order valence-electron chi connectivity index (χ1n) is 7.10. The minimum Gasteiger partial charge on any atom is -0.297 e. The molecule has 1 aliphatic rings. The van der Waals surface area contributed by atoms with E-state index in [2.05, 4.69) is 24.2 Å². The van der Waals surface area contributed by atoms with E-state index in [1.54, 1.807) is 0 Å². The molecule has 1 atom stereocenters. The lowest BCUT2D eigenvalue weighted by Gasteiger charge is -2.42. The van der Waals surface area contributed by atoms with E-state index < -0.39 is 0 Å². The Labute approximate surface area is 131 Å². The van der Waals surface area contributed by atoms with Gasteiger partial charge in [0, 0.05) is 21.6 Å². The van der Waals surface area contributed by atoms with Crippen molar-refractivity contribution in [1.29, 1.82) is 0 Å². The predicted molar refractivity (Wildman–Crippen MR) is 86.2 cm³/mol. The van der Waals surface area contributed by atoms with E-state index in [4.69, 9.17) is 29.0 Å². The van der Waals surface area contributed by atoms with Crippen molar-refractivity contribution in [2.24, 2.45) is 5.84 Å². The van der Waals surface area contributed by atoms with Crippen molar-refractivity contribution in [3.05, 3.63) is 33.8 Å². The monoisotopic (exact) mass is 315 g/mol. The highest BCUT2D eigenvalue weighted by molar-refractivity contribution is 6.33. The molecule has 1 aromatic carbocycles. The maximum Gasteiger partial charge on any atom is 0.0439 e. The van der Waals surface area contributed by atoms with Crippen molar-refractivity contribution in [2.75, 3.05) is 13.1 Å². The number of hydrogen-bond donors (Lipinski definition) is 2. The van der Waals surface area contributed by atoms with E-state index in [1.807, 2.05) is 18.2 Å². The van der Waals surface area contributed by atoms with Gasteiger partial charge in [0.05, 0.1) is 0 Å². The average Bonchev–Trinajstić information content (AvgIpc) is 2.94. The van der Waals surface area contributed by atoms with Crippen molar-refractivity contribution < 1.29 is 0 Å². The number of benzene rings is 1. The van der Waals surface area contributed by atoms with Crippen LogP contribution in [-0.2, 0) is 6.42 Å². The second-order valence-corrected chi connectivity index (χ2v) is 6.85. The fraction of sp³-hybridized carbons (Fsp3) is 0.600. The molecule has 112 valence electrons. The summed E-state index contributed by atoms with van der Waals surface area (Å²) >= 11 is 12.3. The first-order valence-corrected chi connectivity index (χ1v) is 7.86. The second-order valence-electron chi connectivity index (χ2n) is 6.01. The Balaban J connectivity index is 2.17. The molecular formula is C15H23Cl2N3. The molecule has 0 saturated carbocycles. The molecule has 1 aliphatic heterocycles. The largest absolute Gasteiger partial charge is 0.297 e. The van der Waals surface area contributed by atoms with Crippen LogP contribution >= 0.6 is 23.2 Å². The number of likely N-dealkylation sites (tertiary alicyclic amines) is 1. The summed E-state index contributed by atoms with van der Waals surface area (Å²) in [7, 11) is 0. The third-order valence-electron chi connectivity index (χ3n) is 4.41. The maximum atomic E-state index is 6.27. The fourth-order valence-electron chi connectivity index (χ4n) is 2.95. The van der Waals surface area contributed by atoms with Crippen LogP contribution in [0, 0.1) is 0 Å². The van der Waals surface area contributed by atoms with E-state index in [9.17, 15) is 0 Å². The molecule has 0 aliphatic carbocycles. The Morgan fingerprint density at radius 1 is 1.30 bits per heavy atom. The third kappa shape index (κ3) is 3.46. The summed E-state index contributed by atoms with van der Waals surface area (Å²) in [5.74, 6) is 5.81. The SMILES string of the molecule is CC(C)(C(Cc1cc(Cl)ccc1Cl)NN)N1CCCC1. The minimum atomic E-state index is -0.0170. The highest BCUT2D eigenvalue weighted by atomic mass is 35.5. The molecule has 0 amide bonds. The number of nitrogens with two attached hydrogens (primary N) is 1. The van der Waals surface area contributed by atoms with Crippen molar-refractivity contribution in [1.82, 2.24) is 10.3 Å². The smallest absolute Gasteiger partial charge is 0.0439 e. The summed E-state index contributed by atoms with van der Waals surface area (Å²) in [6.45, 7) is 6.74. The Kier molecular flexibility index (Phi) is 5.32. The fourth-order valence-corrected chi connectivity index (χ4v) is 3.34. The molecule has 1 fully saturated rings. The molecule has 1 saturated heterocycles. The van der Waals surface area contributed by atoms with Crippen molar-refractivity contribution in [3.63, 3.8) is 0 Å². The summed E-state index contributed by atoms with van der Waals surface area (Å²) < 4.78 is 0. The first-order chi connectivity index (χ1) is 9.45. The third-order valence-corrected chi connectivity index (χ3v) is 5.01. The molecule has 3 N–H and O–H groups in total. The van der Waals surface area contributed by atoms with Gasteiger partial charge in [0.1, 0.15) is 0 Å². The van der Waals surface area contributed by atoms with E-state index in [-0.39, 0.29) is 11.6 Å². The van der Waals surface area contributed by atoms with Gasteiger partial charge in [-0.15, -0.1) is 0 Å². The molecule has 0 spiro atoms. The van der Waals surface area contributed by atoms with E-state index in [0.717, 1.165) is 30.1 Å². The molecule has 3 nitrogen and oxygen atoms in total. The van der Waals surface area contributed by atoms with Gasteiger partial charge in [0.15, 0.2) is 0 Å². The normalized spacial score (nSPS) is 18.4. The van der Waals surface area contributed by atoms with Crippen molar-refractivity contribution in [2.45, 2.75) is 44.7 Å². The summed E-state index contributed by atoms with van der Waals surface area (Å²) in [4.78, 5) is 2.50. The molecule has 1 aromatic rings. The molecule has 1 unspecified atom stereocenters. The van der Waals surface area contributed by atoms with Gasteiger partial charge in [-0.3, -0.25) is 16.2 Å². The van der Waals surface area contributed by atoms with Gasteiger partial charge in [-0.1, -0.05) is 23.2 Å². The second kappa shape index (κ2) is 6.63. The molecule has 5 heteroatoms. The zero-order valence-electron chi connectivity index (χ0n) is 12.1. The van der Waals surface area contributed by atoms with Gasteiger partial charge in [-0.25, -0.2) is 0 Å². The van der Waals surface area contributed by atoms with E-state index in [0.29, 0.717) is 5.02 Å². The van der Waals surface area contributed by atoms with Crippen molar-refractivity contribution in [3.8, 4) is 0 Å². The number of hydrazine groups is 1. The van der Waals surface area contributed by atoms with Crippen LogP contribution in [0.3, 0.4) is 0 Å². The lowest BCUT2D eigenvalue weighted by molar-refractivity contribution is 0.106. The Morgan fingerprint density at radius 2 is 1.95 bits per heavy atom. The molecule has 0 aromatic heterocycles. The first kappa shape index (κ1) is 16.1. The Hall–Kier alpha value is -0.320. The number of halogens is 2. The van der Waals surface area contributed by atoms with E-state index >= 15 is 0 Å². The lowest BCUT2D eigenvalue weighted by Crippen LogP contribution is -2.59. The highest BCUT2D eigenvalue weighted by Gasteiger charge is 2.36. The van der Waals surface area contributed by atoms with Gasteiger partial charge in [-0.2, -0.15) is 0 Å². The number of rotatable bonds is 5. The van der Waals surface area contributed by atoms with Gasteiger partial charge < -0.3 is 0 Å². The van der Waals surface area contributed by atoms with Crippen LogP contribution in [0.5, 0.6) is 0 Å². The molecule has 2 rings (SSSR count). The zero-order valence-corrected chi connectivity index (χ0v) is 13.6.